The van der Waals surface area contributed by atoms with Crippen LogP contribution < -0.4 is 10.6 Å². The maximum atomic E-state index is 11.8. The summed E-state index contributed by atoms with van der Waals surface area (Å²) in [7, 11) is 0.0621. The van der Waals surface area contributed by atoms with Gasteiger partial charge >= 0.3 is 0 Å². The van der Waals surface area contributed by atoms with E-state index >= 15 is 0 Å². The Bertz CT molecular complexity index is 772. The number of hydrogen-bond donors (Lipinski definition) is 2. The van der Waals surface area contributed by atoms with Gasteiger partial charge in [0.05, 0.1) is 26.4 Å². The van der Waals surface area contributed by atoms with Crippen molar-refractivity contribution in [1.29, 1.82) is 0 Å². The molecule has 4 amide bonds. The predicted molar refractivity (Wildman–Crippen MR) is 120 cm³/mol. The molecule has 32 heavy (non-hydrogen) atoms. The first kappa shape index (κ1) is 23.3. The summed E-state index contributed by atoms with van der Waals surface area (Å²) >= 11 is 0. The number of nitrogens with one attached hydrogen (secondary N) is 2. The van der Waals surface area contributed by atoms with Crippen molar-refractivity contribution in [3.8, 4) is 0 Å². The molecule has 4 atom stereocenters. The van der Waals surface area contributed by atoms with E-state index in [-0.39, 0.29) is 46.6 Å². The van der Waals surface area contributed by atoms with Gasteiger partial charge in [-0.3, -0.25) is 24.1 Å². The molecule has 9 nitrogen and oxygen atoms in total. The van der Waals surface area contributed by atoms with Crippen LogP contribution in [0.5, 0.6) is 0 Å². The zero-order chi connectivity index (χ0) is 22.6. The lowest BCUT2D eigenvalue weighted by molar-refractivity contribution is -0.137. The molecule has 0 aromatic heterocycles. The van der Waals surface area contributed by atoms with E-state index in [4.69, 9.17) is 9.47 Å². The molecule has 2 N–H and O–H groups in total. The van der Waals surface area contributed by atoms with Crippen molar-refractivity contribution in [1.82, 2.24) is 15.5 Å². The molecule has 3 fully saturated rings. The Labute approximate surface area is 189 Å². The van der Waals surface area contributed by atoms with E-state index in [0.29, 0.717) is 45.9 Å². The van der Waals surface area contributed by atoms with Crippen molar-refractivity contribution < 1.29 is 28.7 Å². The summed E-state index contributed by atoms with van der Waals surface area (Å²) < 4.78 is 10.8. The maximum absolute atomic E-state index is 11.8. The number of carbonyl (C=O) groups excluding carboxylic acids is 4. The molecule has 4 aliphatic heterocycles. The number of amides is 4. The van der Waals surface area contributed by atoms with Gasteiger partial charge in [-0.2, -0.15) is 0 Å². The number of unbranched alkanes of at least 4 members (excludes halogenated alkanes) is 1. The zero-order valence-electron chi connectivity index (χ0n) is 18.4. The van der Waals surface area contributed by atoms with Crippen LogP contribution >= 0.6 is 10.0 Å². The van der Waals surface area contributed by atoms with Crippen molar-refractivity contribution in [2.24, 2.45) is 0 Å². The van der Waals surface area contributed by atoms with E-state index in [1.165, 1.54) is 35.5 Å². The van der Waals surface area contributed by atoms with E-state index in [1.807, 2.05) is 0 Å². The highest BCUT2D eigenvalue weighted by Gasteiger charge is 2.93. The summed E-state index contributed by atoms with van der Waals surface area (Å²) in [6, 6.07) is 0. The summed E-state index contributed by atoms with van der Waals surface area (Å²) in [6.07, 6.45) is 6.62. The first-order valence-electron chi connectivity index (χ1n) is 11.5. The van der Waals surface area contributed by atoms with Crippen LogP contribution in [0.1, 0.15) is 32.1 Å². The molecule has 10 heteroatoms. The van der Waals surface area contributed by atoms with E-state index in [9.17, 15) is 19.2 Å². The lowest BCUT2D eigenvalue weighted by Gasteiger charge is -2.13. The third kappa shape index (κ3) is 5.52. The van der Waals surface area contributed by atoms with Gasteiger partial charge in [-0.15, -0.1) is 0 Å². The van der Waals surface area contributed by atoms with Crippen LogP contribution in [0.2, 0.25) is 0 Å². The number of imide groups is 1. The minimum absolute atomic E-state index is 0.0621. The van der Waals surface area contributed by atoms with Crippen LogP contribution in [0.15, 0.2) is 12.2 Å². The highest BCUT2D eigenvalue weighted by Crippen LogP contribution is 3.09. The minimum Gasteiger partial charge on any atom is -0.377 e. The predicted octanol–water partition coefficient (Wildman–Crippen LogP) is 0.0787. The molecule has 4 aliphatic rings. The van der Waals surface area contributed by atoms with Crippen LogP contribution in [-0.2, 0) is 28.7 Å². The molecule has 4 unspecified atom stereocenters. The van der Waals surface area contributed by atoms with Crippen molar-refractivity contribution in [2.45, 2.75) is 47.9 Å². The summed E-state index contributed by atoms with van der Waals surface area (Å²) in [5, 5.41) is 9.05. The first-order chi connectivity index (χ1) is 15.5. The van der Waals surface area contributed by atoms with Crippen LogP contribution in [0, 0.1) is 0 Å². The lowest BCUT2D eigenvalue weighted by atomic mass is 10.1. The van der Waals surface area contributed by atoms with Gasteiger partial charge < -0.3 is 20.1 Å². The standard InChI is InChI=1S/C22H33N3O6S/c26-18(4-2-1-3-16-22-17-15-32(16,17)22)23-8-11-30-13-14-31-12-9-24-19(27)7-10-25-20(28)5-6-21(25)29/h5-6,16-17,22H,1-4,7-15H2,(H,23,26)(H,24,27). The molecule has 0 aromatic rings. The van der Waals surface area contributed by atoms with Crippen LogP contribution in [0.4, 0.5) is 0 Å². The van der Waals surface area contributed by atoms with Crippen LogP contribution in [0.3, 0.4) is 0 Å². The van der Waals surface area contributed by atoms with E-state index in [2.05, 4.69) is 10.6 Å². The van der Waals surface area contributed by atoms with Crippen LogP contribution in [-0.4, -0.2) is 96.1 Å². The van der Waals surface area contributed by atoms with E-state index < -0.39 is 0 Å². The van der Waals surface area contributed by atoms with E-state index in [0.717, 1.165) is 16.6 Å². The van der Waals surface area contributed by atoms with Gasteiger partial charge in [0.25, 0.3) is 11.8 Å². The smallest absolute Gasteiger partial charge is 0.253 e. The number of nitrogens with zero attached hydrogens (tertiary/aromatic N) is 1. The van der Waals surface area contributed by atoms with Crippen molar-refractivity contribution >= 4 is 33.7 Å². The Hall–Kier alpha value is -1.91. The fourth-order valence-electron chi connectivity index (χ4n) is 4.64. The van der Waals surface area contributed by atoms with Crippen molar-refractivity contribution in [3.63, 3.8) is 0 Å². The Kier molecular flexibility index (Phi) is 7.52. The molecule has 4 rings (SSSR count). The Balaban J connectivity index is 0.867. The minimum atomic E-state index is -0.387. The van der Waals surface area contributed by atoms with Gasteiger partial charge in [0.1, 0.15) is 0 Å². The monoisotopic (exact) mass is 467 g/mol. The fraction of sp³-hybridized carbons (Fsp3) is 0.727. The van der Waals surface area contributed by atoms with Gasteiger partial charge in [0, 0.05) is 60.4 Å². The second-order valence-electron chi connectivity index (χ2n) is 8.70. The number of carbonyl (C=O) groups is 4. The number of ether oxygens (including phenoxy) is 2. The molecule has 0 aliphatic carbocycles. The fourth-order valence-corrected chi connectivity index (χ4v) is 9.98. The molecule has 178 valence electrons. The first-order valence-corrected chi connectivity index (χ1v) is 13.5. The quantitative estimate of drug-likeness (QED) is 0.178. The molecule has 0 aromatic carbocycles. The topological polar surface area (TPSA) is 114 Å². The van der Waals surface area contributed by atoms with Gasteiger partial charge in [-0.05, 0) is 18.6 Å². The van der Waals surface area contributed by atoms with E-state index in [1.54, 1.807) is 5.75 Å². The van der Waals surface area contributed by atoms with Gasteiger partial charge in [-0.25, -0.2) is 10.0 Å². The Morgan fingerprint density at radius 2 is 1.53 bits per heavy atom. The average molecular weight is 468 g/mol. The molecular formula is C22H33N3O6S. The molecule has 0 bridgehead atoms. The normalized spacial score (nSPS) is 30.4. The van der Waals surface area contributed by atoms with Gasteiger partial charge in [0.2, 0.25) is 11.8 Å². The number of rotatable bonds is 17. The summed E-state index contributed by atoms with van der Waals surface area (Å²) in [6.45, 7) is 2.55. The number of fused-ring (bicyclic) bond motifs is 1. The van der Waals surface area contributed by atoms with Gasteiger partial charge in [0.15, 0.2) is 0 Å². The maximum Gasteiger partial charge on any atom is 0.253 e. The SMILES string of the molecule is O=C(CCCCC1C2C3CS132)NCCOCCOCCNC(=O)CCN1C(=O)C=CC1=O. The van der Waals surface area contributed by atoms with Crippen molar-refractivity contribution in [3.05, 3.63) is 12.2 Å². The zero-order valence-corrected chi connectivity index (χ0v) is 19.2. The molecule has 4 heterocycles. The Morgan fingerprint density at radius 3 is 2.09 bits per heavy atom. The highest BCUT2D eigenvalue weighted by atomic mass is 32.3. The molecule has 1 spiro atoms. The average Bonchev–Trinajstić information content (AvgIpc) is 3.69. The molecule has 3 saturated heterocycles. The second kappa shape index (κ2) is 10.4. The Morgan fingerprint density at radius 1 is 0.938 bits per heavy atom. The lowest BCUT2D eigenvalue weighted by Crippen LogP contribution is -2.35. The highest BCUT2D eigenvalue weighted by molar-refractivity contribution is 8.54. The summed E-state index contributed by atoms with van der Waals surface area (Å²) in [5.41, 5.74) is 0. The third-order valence-corrected chi connectivity index (χ3v) is 11.5. The summed E-state index contributed by atoms with van der Waals surface area (Å²) in [4.78, 5) is 47.3. The van der Waals surface area contributed by atoms with Crippen molar-refractivity contribution in [2.75, 3.05) is 51.8 Å². The third-order valence-electron chi connectivity index (χ3n) is 6.67. The molecule has 0 radical (unpaired) electrons. The molecule has 0 saturated carbocycles. The van der Waals surface area contributed by atoms with Gasteiger partial charge in [-0.1, -0.05) is 6.42 Å². The summed E-state index contributed by atoms with van der Waals surface area (Å²) in [5.74, 6) is 0.667. The molecular weight excluding hydrogens is 434 g/mol. The van der Waals surface area contributed by atoms with Crippen LogP contribution in [0.25, 0.3) is 0 Å². The number of hydrogen-bond acceptors (Lipinski definition) is 6. The second-order valence-corrected chi connectivity index (χ2v) is 12.6. The largest absolute Gasteiger partial charge is 0.377 e.